The summed E-state index contributed by atoms with van der Waals surface area (Å²) >= 11 is 0. The van der Waals surface area contributed by atoms with Gasteiger partial charge in [-0.3, -0.25) is 4.68 Å². The van der Waals surface area contributed by atoms with Crippen LogP contribution in [0, 0.1) is 24.6 Å². The van der Waals surface area contributed by atoms with Crippen molar-refractivity contribution < 1.29 is 9.13 Å². The molecule has 38 heavy (non-hydrogen) atoms. The van der Waals surface area contributed by atoms with Crippen molar-refractivity contribution in [3.05, 3.63) is 48.3 Å². The van der Waals surface area contributed by atoms with E-state index in [1.54, 1.807) is 12.3 Å². The number of aryl methyl sites for hydroxylation is 1. The SMILES string of the molecule is CCN1CCC(n2cc(-c3c[nH]c4ncc(-c5cc(C)c(N6CC7COCC7C6)c(F)c5)nc34)cn2)CC1. The van der Waals surface area contributed by atoms with E-state index < -0.39 is 0 Å². The minimum Gasteiger partial charge on any atom is -0.381 e. The highest BCUT2D eigenvalue weighted by atomic mass is 19.1. The molecule has 7 rings (SSSR count). The Hall–Kier alpha value is -3.30. The lowest BCUT2D eigenvalue weighted by Gasteiger charge is -2.31. The van der Waals surface area contributed by atoms with Crippen molar-refractivity contribution in [1.29, 1.82) is 0 Å². The Morgan fingerprint density at radius 2 is 1.87 bits per heavy atom. The van der Waals surface area contributed by atoms with Gasteiger partial charge in [-0.25, -0.2) is 14.4 Å². The van der Waals surface area contributed by atoms with Crippen LogP contribution in [0.15, 0.2) is 36.9 Å². The van der Waals surface area contributed by atoms with Gasteiger partial charge in [-0.1, -0.05) is 6.92 Å². The normalized spacial score (nSPS) is 22.6. The zero-order valence-electron chi connectivity index (χ0n) is 22.0. The average molecular weight is 516 g/mol. The smallest absolute Gasteiger partial charge is 0.156 e. The highest BCUT2D eigenvalue weighted by molar-refractivity contribution is 5.91. The van der Waals surface area contributed by atoms with Gasteiger partial charge >= 0.3 is 0 Å². The maximum absolute atomic E-state index is 15.5. The van der Waals surface area contributed by atoms with Gasteiger partial charge in [-0.05, 0) is 44.0 Å². The third-order valence-electron chi connectivity index (χ3n) is 8.78. The molecule has 0 radical (unpaired) electrons. The summed E-state index contributed by atoms with van der Waals surface area (Å²) in [5.74, 6) is 0.803. The van der Waals surface area contributed by atoms with E-state index in [4.69, 9.17) is 14.8 Å². The Morgan fingerprint density at radius 3 is 2.61 bits per heavy atom. The van der Waals surface area contributed by atoms with Crippen molar-refractivity contribution >= 4 is 16.9 Å². The van der Waals surface area contributed by atoms with Crippen molar-refractivity contribution in [3.63, 3.8) is 0 Å². The van der Waals surface area contributed by atoms with Crippen LogP contribution in [0.1, 0.15) is 31.4 Å². The first-order valence-electron chi connectivity index (χ1n) is 13.8. The summed E-state index contributed by atoms with van der Waals surface area (Å²) in [5, 5.41) is 4.70. The number of halogens is 1. The maximum atomic E-state index is 15.5. The summed E-state index contributed by atoms with van der Waals surface area (Å²) < 4.78 is 23.2. The Balaban J connectivity index is 1.17. The largest absolute Gasteiger partial charge is 0.381 e. The number of hydrogen-bond donors (Lipinski definition) is 1. The Bertz CT molecular complexity index is 1440. The fourth-order valence-corrected chi connectivity index (χ4v) is 6.58. The molecule has 1 N–H and O–H groups in total. The van der Waals surface area contributed by atoms with E-state index in [1.165, 1.54) is 0 Å². The lowest BCUT2D eigenvalue weighted by atomic mass is 10.0. The van der Waals surface area contributed by atoms with E-state index in [1.807, 2.05) is 25.4 Å². The molecular weight excluding hydrogens is 481 g/mol. The molecule has 0 aliphatic carbocycles. The van der Waals surface area contributed by atoms with Crippen molar-refractivity contribution in [2.75, 3.05) is 50.8 Å². The van der Waals surface area contributed by atoms with Crippen LogP contribution in [0.3, 0.4) is 0 Å². The van der Waals surface area contributed by atoms with Gasteiger partial charge in [0.2, 0.25) is 0 Å². The molecule has 6 heterocycles. The van der Waals surface area contributed by atoms with Crippen LogP contribution in [0.25, 0.3) is 33.5 Å². The van der Waals surface area contributed by atoms with Crippen LogP contribution in [0.4, 0.5) is 10.1 Å². The lowest BCUT2D eigenvalue weighted by Crippen LogP contribution is -2.34. The first-order valence-corrected chi connectivity index (χ1v) is 13.8. The molecule has 198 valence electrons. The second-order valence-electron chi connectivity index (χ2n) is 11.1. The zero-order chi connectivity index (χ0) is 25.8. The number of fused-ring (bicyclic) bond motifs is 2. The number of H-pyrrole nitrogens is 1. The van der Waals surface area contributed by atoms with Crippen molar-refractivity contribution in [3.8, 4) is 22.4 Å². The highest BCUT2D eigenvalue weighted by Crippen LogP contribution is 2.37. The quantitative estimate of drug-likeness (QED) is 0.416. The van der Waals surface area contributed by atoms with Gasteiger partial charge in [0.05, 0.1) is 43.0 Å². The molecule has 0 spiro atoms. The molecule has 3 aliphatic rings. The van der Waals surface area contributed by atoms with Crippen molar-refractivity contribution in [2.45, 2.75) is 32.7 Å². The molecule has 4 aromatic rings. The standard InChI is InChI=1S/C29H34FN7O/c1-3-35-6-4-23(5-7-35)37-15-20(10-33-37)24-11-31-29-27(24)34-26(12-32-29)19-8-18(2)28(25(30)9-19)36-13-21-16-38-17-22(21)14-36/h8-12,15,21-23H,3-7,13-14,16-17H2,1-2H3,(H,31,32). The molecule has 8 nitrogen and oxygen atoms in total. The molecule has 3 saturated heterocycles. The van der Waals surface area contributed by atoms with Crippen LogP contribution in [-0.2, 0) is 4.74 Å². The molecule has 9 heteroatoms. The second kappa shape index (κ2) is 9.47. The van der Waals surface area contributed by atoms with Crippen LogP contribution in [0.2, 0.25) is 0 Å². The minimum absolute atomic E-state index is 0.201. The summed E-state index contributed by atoms with van der Waals surface area (Å²) in [7, 11) is 0. The first-order chi connectivity index (χ1) is 18.6. The predicted molar refractivity (Wildman–Crippen MR) is 146 cm³/mol. The third-order valence-corrected chi connectivity index (χ3v) is 8.78. The van der Waals surface area contributed by atoms with Crippen LogP contribution >= 0.6 is 0 Å². The fraction of sp³-hybridized carbons (Fsp3) is 0.483. The van der Waals surface area contributed by atoms with E-state index in [0.29, 0.717) is 34.9 Å². The number of likely N-dealkylation sites (tertiary alicyclic amines) is 1. The molecular formula is C29H34FN7O. The number of ether oxygens (including phenoxy) is 1. The molecule has 3 aliphatic heterocycles. The fourth-order valence-electron chi connectivity index (χ4n) is 6.58. The van der Waals surface area contributed by atoms with Crippen molar-refractivity contribution in [1.82, 2.24) is 29.6 Å². The van der Waals surface area contributed by atoms with Gasteiger partial charge in [0, 0.05) is 67.1 Å². The van der Waals surface area contributed by atoms with E-state index in [-0.39, 0.29) is 5.82 Å². The Labute approximate surface area is 221 Å². The summed E-state index contributed by atoms with van der Waals surface area (Å²) in [5.41, 5.74) is 6.51. The zero-order valence-corrected chi connectivity index (χ0v) is 22.0. The van der Waals surface area contributed by atoms with Crippen LogP contribution < -0.4 is 4.90 Å². The average Bonchev–Trinajstić information content (AvgIpc) is 3.71. The van der Waals surface area contributed by atoms with Gasteiger partial charge in [0.25, 0.3) is 0 Å². The Morgan fingerprint density at radius 1 is 1.08 bits per heavy atom. The first kappa shape index (κ1) is 23.8. The molecule has 0 amide bonds. The summed E-state index contributed by atoms with van der Waals surface area (Å²) in [6.07, 6.45) is 9.92. The summed E-state index contributed by atoms with van der Waals surface area (Å²) in [6, 6.07) is 4.06. The van der Waals surface area contributed by atoms with Gasteiger partial charge in [0.1, 0.15) is 11.3 Å². The third kappa shape index (κ3) is 4.08. The minimum atomic E-state index is -0.201. The number of nitrogens with zero attached hydrogens (tertiary/aromatic N) is 6. The molecule has 2 unspecified atom stereocenters. The topological polar surface area (TPSA) is 75.1 Å². The molecule has 0 saturated carbocycles. The number of hydrogen-bond acceptors (Lipinski definition) is 6. The predicted octanol–water partition coefficient (Wildman–Crippen LogP) is 4.68. The highest BCUT2D eigenvalue weighted by Gasteiger charge is 2.38. The number of aromatic nitrogens is 5. The monoisotopic (exact) mass is 515 g/mol. The van der Waals surface area contributed by atoms with Crippen LogP contribution in [-0.4, -0.2) is 75.6 Å². The number of benzene rings is 1. The molecule has 3 fully saturated rings. The molecule has 2 atom stereocenters. The number of rotatable bonds is 5. The number of nitrogens with one attached hydrogen (secondary N) is 1. The van der Waals surface area contributed by atoms with Gasteiger partial charge in [-0.2, -0.15) is 5.10 Å². The van der Waals surface area contributed by atoms with E-state index >= 15 is 4.39 Å². The van der Waals surface area contributed by atoms with Crippen molar-refractivity contribution in [2.24, 2.45) is 11.8 Å². The maximum Gasteiger partial charge on any atom is 0.156 e. The molecule has 0 bridgehead atoms. The van der Waals surface area contributed by atoms with E-state index in [0.717, 1.165) is 86.5 Å². The lowest BCUT2D eigenvalue weighted by molar-refractivity contribution is 0.177. The number of piperidine rings is 1. The number of anilines is 1. The van der Waals surface area contributed by atoms with E-state index in [2.05, 4.69) is 37.6 Å². The molecule has 3 aromatic heterocycles. The van der Waals surface area contributed by atoms with Gasteiger partial charge in [0.15, 0.2) is 5.65 Å². The van der Waals surface area contributed by atoms with Gasteiger partial charge in [-0.15, -0.1) is 0 Å². The van der Waals surface area contributed by atoms with Crippen LogP contribution in [0.5, 0.6) is 0 Å². The summed E-state index contributed by atoms with van der Waals surface area (Å²) in [6.45, 7) is 10.8. The summed E-state index contributed by atoms with van der Waals surface area (Å²) in [4.78, 5) is 17.5. The van der Waals surface area contributed by atoms with E-state index in [9.17, 15) is 0 Å². The Kier molecular flexibility index (Phi) is 5.93. The van der Waals surface area contributed by atoms with Gasteiger partial charge < -0.3 is 19.5 Å². The second-order valence-corrected chi connectivity index (χ2v) is 11.1. The molecule has 1 aromatic carbocycles. The number of aromatic amines is 1.